The van der Waals surface area contributed by atoms with Crippen LogP contribution in [0.5, 0.6) is 0 Å². The van der Waals surface area contributed by atoms with Gasteiger partial charge in [-0.05, 0) is 26.2 Å². The van der Waals surface area contributed by atoms with Crippen molar-refractivity contribution in [3.05, 3.63) is 12.7 Å². The zero-order valence-corrected chi connectivity index (χ0v) is 11.7. The fourth-order valence-corrected chi connectivity index (χ4v) is 3.05. The molecule has 0 spiro atoms. The molecule has 7 heteroatoms. The van der Waals surface area contributed by atoms with Gasteiger partial charge in [-0.1, -0.05) is 6.08 Å². The van der Waals surface area contributed by atoms with E-state index >= 15 is 0 Å². The topological polar surface area (TPSA) is 55.8 Å². The normalized spacial score (nSPS) is 14.5. The Hall–Kier alpha value is -0.290. The lowest BCUT2D eigenvalue weighted by Gasteiger charge is -2.27. The molecular formula is C11H21F2O4P. The van der Waals surface area contributed by atoms with E-state index in [0.717, 1.165) is 0 Å². The first-order valence-corrected chi connectivity index (χ1v) is 7.41. The zero-order valence-electron chi connectivity index (χ0n) is 10.8. The van der Waals surface area contributed by atoms with Crippen molar-refractivity contribution in [2.75, 3.05) is 19.8 Å². The molecule has 0 aliphatic carbocycles. The van der Waals surface area contributed by atoms with Crippen molar-refractivity contribution in [2.24, 2.45) is 5.92 Å². The van der Waals surface area contributed by atoms with Crippen LogP contribution >= 0.6 is 7.60 Å². The summed E-state index contributed by atoms with van der Waals surface area (Å²) in [6.45, 7) is 5.89. The molecule has 0 aliphatic heterocycles. The van der Waals surface area contributed by atoms with E-state index in [9.17, 15) is 13.3 Å². The van der Waals surface area contributed by atoms with Crippen LogP contribution in [0.15, 0.2) is 12.7 Å². The molecule has 4 nitrogen and oxygen atoms in total. The van der Waals surface area contributed by atoms with E-state index in [1.807, 2.05) is 0 Å². The van der Waals surface area contributed by atoms with E-state index in [1.165, 1.54) is 19.9 Å². The minimum Gasteiger partial charge on any atom is -0.396 e. The highest BCUT2D eigenvalue weighted by atomic mass is 31.2. The molecule has 0 radical (unpaired) electrons. The van der Waals surface area contributed by atoms with Crippen molar-refractivity contribution in [3.8, 4) is 0 Å². The summed E-state index contributed by atoms with van der Waals surface area (Å²) in [4.78, 5) is 0. The van der Waals surface area contributed by atoms with Gasteiger partial charge < -0.3 is 14.2 Å². The van der Waals surface area contributed by atoms with E-state index in [4.69, 9.17) is 5.11 Å². The fourth-order valence-electron chi connectivity index (χ4n) is 1.46. The summed E-state index contributed by atoms with van der Waals surface area (Å²) in [5, 5.41) is 8.75. The van der Waals surface area contributed by atoms with E-state index < -0.39 is 25.6 Å². The third-order valence-electron chi connectivity index (χ3n) is 2.34. The molecule has 108 valence electrons. The van der Waals surface area contributed by atoms with Crippen LogP contribution in [-0.4, -0.2) is 30.6 Å². The monoisotopic (exact) mass is 286 g/mol. The van der Waals surface area contributed by atoms with Crippen molar-refractivity contribution in [1.82, 2.24) is 0 Å². The highest BCUT2D eigenvalue weighted by Gasteiger charge is 2.53. The molecule has 1 N–H and O–H groups in total. The quantitative estimate of drug-likeness (QED) is 0.494. The van der Waals surface area contributed by atoms with Crippen LogP contribution in [-0.2, 0) is 13.6 Å². The Balaban J connectivity index is 4.93. The lowest BCUT2D eigenvalue weighted by Crippen LogP contribution is -2.24. The third kappa shape index (κ3) is 4.76. The summed E-state index contributed by atoms with van der Waals surface area (Å²) in [5.74, 6) is -0.640. The predicted octanol–water partition coefficient (Wildman–Crippen LogP) is 3.42. The summed E-state index contributed by atoms with van der Waals surface area (Å²) in [6.07, 6.45) is 0.734. The molecule has 0 aromatic rings. The smallest absolute Gasteiger partial charge is 0.396 e. The van der Waals surface area contributed by atoms with Gasteiger partial charge in [0.25, 0.3) is 0 Å². The second kappa shape index (κ2) is 8.00. The predicted molar refractivity (Wildman–Crippen MR) is 65.8 cm³/mol. The Labute approximate surface area is 107 Å². The van der Waals surface area contributed by atoms with Crippen LogP contribution in [0.25, 0.3) is 0 Å². The second-order valence-electron chi connectivity index (χ2n) is 3.71. The largest absolute Gasteiger partial charge is 0.399 e. The Kier molecular flexibility index (Phi) is 7.87. The van der Waals surface area contributed by atoms with Gasteiger partial charge in [0.05, 0.1) is 13.2 Å². The summed E-state index contributed by atoms with van der Waals surface area (Å²) >= 11 is 0. The number of allylic oxidation sites excluding steroid dienone is 1. The second-order valence-corrected chi connectivity index (χ2v) is 5.88. The average Bonchev–Trinajstić information content (AvgIpc) is 2.28. The Morgan fingerprint density at radius 1 is 1.39 bits per heavy atom. The molecule has 0 amide bonds. The van der Waals surface area contributed by atoms with Crippen LogP contribution < -0.4 is 0 Å². The van der Waals surface area contributed by atoms with Gasteiger partial charge in [0.15, 0.2) is 0 Å². The zero-order chi connectivity index (χ0) is 14.2. The SMILES string of the molecule is C=CC(CCO)CC(F)(F)P(=O)(OCC)OCC. The molecule has 1 unspecified atom stereocenters. The number of alkyl halides is 2. The first-order chi connectivity index (χ1) is 8.36. The fraction of sp³-hybridized carbons (Fsp3) is 0.818. The van der Waals surface area contributed by atoms with Crippen molar-refractivity contribution in [2.45, 2.75) is 32.4 Å². The lowest BCUT2D eigenvalue weighted by molar-refractivity contribution is 0.0203. The van der Waals surface area contributed by atoms with Gasteiger partial charge in [-0.3, -0.25) is 4.57 Å². The van der Waals surface area contributed by atoms with Crippen LogP contribution in [0, 0.1) is 5.92 Å². The van der Waals surface area contributed by atoms with E-state index in [2.05, 4.69) is 15.6 Å². The van der Waals surface area contributed by atoms with Gasteiger partial charge in [-0.15, -0.1) is 6.58 Å². The number of aliphatic hydroxyl groups is 1. The molecule has 0 rings (SSSR count). The molecule has 18 heavy (non-hydrogen) atoms. The summed E-state index contributed by atoms with van der Waals surface area (Å²) < 4.78 is 49.2. The van der Waals surface area contributed by atoms with Crippen LogP contribution in [0.4, 0.5) is 8.78 Å². The Morgan fingerprint density at radius 2 is 1.89 bits per heavy atom. The first-order valence-electron chi connectivity index (χ1n) is 5.87. The van der Waals surface area contributed by atoms with Crippen molar-refractivity contribution < 1.29 is 27.5 Å². The Bertz CT molecular complexity index is 287. The number of rotatable bonds is 10. The highest BCUT2D eigenvalue weighted by molar-refractivity contribution is 7.55. The standard InChI is InChI=1S/C11H21F2O4P/c1-4-10(7-8-14)9-11(12,13)18(15,16-5-2)17-6-3/h4,10,14H,1,5-9H2,2-3H3. The molecule has 0 aliphatic rings. The lowest BCUT2D eigenvalue weighted by atomic mass is 10.0. The maximum Gasteiger partial charge on any atom is 0.399 e. The number of hydrogen-bond acceptors (Lipinski definition) is 4. The van der Waals surface area contributed by atoms with Crippen LogP contribution in [0.1, 0.15) is 26.7 Å². The highest BCUT2D eigenvalue weighted by Crippen LogP contribution is 2.64. The van der Waals surface area contributed by atoms with Crippen molar-refractivity contribution >= 4 is 7.60 Å². The summed E-state index contributed by atoms with van der Waals surface area (Å²) in [6, 6.07) is 0. The number of hydrogen-bond donors (Lipinski definition) is 1. The third-order valence-corrected chi connectivity index (χ3v) is 4.52. The molecule has 0 heterocycles. The first kappa shape index (κ1) is 17.7. The van der Waals surface area contributed by atoms with Gasteiger partial charge in [0.2, 0.25) is 0 Å². The maximum atomic E-state index is 14.0. The number of halogens is 2. The van der Waals surface area contributed by atoms with E-state index in [0.29, 0.717) is 0 Å². The van der Waals surface area contributed by atoms with Crippen LogP contribution in [0.2, 0.25) is 0 Å². The molecule has 0 fully saturated rings. The molecule has 0 saturated heterocycles. The summed E-state index contributed by atoms with van der Waals surface area (Å²) in [7, 11) is -4.48. The average molecular weight is 286 g/mol. The van der Waals surface area contributed by atoms with Gasteiger partial charge in [-0.2, -0.15) is 8.78 Å². The van der Waals surface area contributed by atoms with Gasteiger partial charge in [0, 0.05) is 13.0 Å². The molecule has 0 bridgehead atoms. The molecule has 0 aromatic carbocycles. The molecule has 0 saturated carbocycles. The molecule has 1 atom stereocenters. The van der Waals surface area contributed by atoms with E-state index in [-0.39, 0.29) is 26.2 Å². The Morgan fingerprint density at radius 3 is 2.22 bits per heavy atom. The van der Waals surface area contributed by atoms with Crippen LogP contribution in [0.3, 0.4) is 0 Å². The van der Waals surface area contributed by atoms with Crippen molar-refractivity contribution in [1.29, 1.82) is 0 Å². The van der Waals surface area contributed by atoms with Gasteiger partial charge >= 0.3 is 13.3 Å². The molecular weight excluding hydrogens is 265 g/mol. The minimum atomic E-state index is -4.48. The number of aliphatic hydroxyl groups excluding tert-OH is 1. The van der Waals surface area contributed by atoms with Gasteiger partial charge in [0.1, 0.15) is 0 Å². The molecule has 0 aromatic heterocycles. The van der Waals surface area contributed by atoms with Crippen molar-refractivity contribution in [3.63, 3.8) is 0 Å². The summed E-state index contributed by atoms with van der Waals surface area (Å²) in [5.41, 5.74) is -3.59. The minimum absolute atomic E-state index is 0.119. The maximum absolute atomic E-state index is 14.0. The van der Waals surface area contributed by atoms with Gasteiger partial charge in [-0.25, -0.2) is 0 Å². The van der Waals surface area contributed by atoms with E-state index in [1.54, 1.807) is 0 Å².